The summed E-state index contributed by atoms with van der Waals surface area (Å²) < 4.78 is 0. The maximum atomic E-state index is 12.5. The molecule has 0 unspecified atom stereocenters. The number of rotatable bonds is 3. The molecule has 0 atom stereocenters. The van der Waals surface area contributed by atoms with Crippen molar-refractivity contribution >= 4 is 50.4 Å². The lowest BCUT2D eigenvalue weighted by Crippen LogP contribution is -2.30. The van der Waals surface area contributed by atoms with Gasteiger partial charge in [-0.05, 0) is 24.3 Å². The largest absolute Gasteiger partial charge is 0.345 e. The number of pyridine rings is 1. The van der Waals surface area contributed by atoms with E-state index in [1.54, 1.807) is 42.6 Å². The molecule has 3 heterocycles. The quantitative estimate of drug-likeness (QED) is 0.428. The molecule has 1 N–H and O–H groups in total. The van der Waals surface area contributed by atoms with Crippen molar-refractivity contribution in [1.82, 2.24) is 9.97 Å². The summed E-state index contributed by atoms with van der Waals surface area (Å²) in [6, 6.07) is 9.93. The van der Waals surface area contributed by atoms with Gasteiger partial charge in [-0.25, -0.2) is 9.88 Å². The van der Waals surface area contributed by atoms with Crippen molar-refractivity contribution in [3.05, 3.63) is 59.3 Å². The van der Waals surface area contributed by atoms with Crippen molar-refractivity contribution < 1.29 is 14.4 Å². The van der Waals surface area contributed by atoms with Gasteiger partial charge in [0, 0.05) is 17.1 Å². The number of ketones is 1. The normalized spacial score (nSPS) is 13.6. The topological polar surface area (TPSA) is 83.1 Å². The first kappa shape index (κ1) is 14.8. The predicted molar refractivity (Wildman–Crippen MR) is 91.8 cm³/mol. The van der Waals surface area contributed by atoms with Crippen LogP contribution in [0, 0.1) is 0 Å². The number of fused-ring (bicyclic) bond motifs is 2. The number of amides is 2. The van der Waals surface area contributed by atoms with Gasteiger partial charge < -0.3 is 4.98 Å². The SMILES string of the molecule is O=C(CBr)c1c[nH]c2nc(N3C(=O)c4ccccc4C3=O)ccc12. The molecule has 0 radical (unpaired) electrons. The van der Waals surface area contributed by atoms with Crippen molar-refractivity contribution in [2.75, 3.05) is 10.2 Å². The van der Waals surface area contributed by atoms with Crippen LogP contribution in [0.1, 0.15) is 31.1 Å². The molecule has 2 amide bonds. The molecule has 4 rings (SSSR count). The summed E-state index contributed by atoms with van der Waals surface area (Å²) in [7, 11) is 0. The molecule has 2 aromatic heterocycles. The predicted octanol–water partition coefficient (Wildman–Crippen LogP) is 2.94. The second-order valence-electron chi connectivity index (χ2n) is 5.32. The number of alkyl halides is 1. The number of Topliss-reactive ketones (excluding diaryl/α,β-unsaturated/α-hetero) is 1. The number of aromatic amines is 1. The summed E-state index contributed by atoms with van der Waals surface area (Å²) in [6.45, 7) is 0. The number of carbonyl (C=O) groups excluding carboxylic acids is 3. The molecule has 0 aliphatic carbocycles. The standard InChI is InChI=1S/C17H10BrN3O3/c18-7-13(22)12-8-19-15-9(12)5-6-14(20-15)21-16(23)10-3-1-2-4-11(10)17(21)24/h1-6,8H,7H2,(H,19,20). The third kappa shape index (κ3) is 2.01. The van der Waals surface area contributed by atoms with Gasteiger partial charge in [0.05, 0.1) is 16.5 Å². The fraction of sp³-hybridized carbons (Fsp3) is 0.0588. The van der Waals surface area contributed by atoms with Gasteiger partial charge in [0.1, 0.15) is 11.5 Å². The Kier molecular flexibility index (Phi) is 3.31. The molecular formula is C17H10BrN3O3. The molecule has 3 aromatic rings. The number of hydrogen-bond donors (Lipinski definition) is 1. The zero-order chi connectivity index (χ0) is 16.8. The molecule has 0 saturated carbocycles. The molecule has 0 saturated heterocycles. The monoisotopic (exact) mass is 383 g/mol. The van der Waals surface area contributed by atoms with E-state index in [9.17, 15) is 14.4 Å². The van der Waals surface area contributed by atoms with Crippen LogP contribution in [0.3, 0.4) is 0 Å². The van der Waals surface area contributed by atoms with E-state index in [0.29, 0.717) is 27.7 Å². The second-order valence-corrected chi connectivity index (χ2v) is 5.88. The van der Waals surface area contributed by atoms with Crippen LogP contribution in [0.25, 0.3) is 11.0 Å². The summed E-state index contributed by atoms with van der Waals surface area (Å²) in [5, 5.41) is 0.861. The lowest BCUT2D eigenvalue weighted by Gasteiger charge is -2.12. The molecule has 1 aliphatic heterocycles. The minimum absolute atomic E-state index is 0.0727. The Hall–Kier alpha value is -2.80. The van der Waals surface area contributed by atoms with Crippen LogP contribution >= 0.6 is 15.9 Å². The summed E-state index contributed by atoms with van der Waals surface area (Å²) in [4.78, 5) is 45.2. The van der Waals surface area contributed by atoms with Crippen molar-refractivity contribution in [2.24, 2.45) is 0 Å². The second kappa shape index (κ2) is 5.38. The molecule has 7 heteroatoms. The van der Waals surface area contributed by atoms with Crippen LogP contribution in [0.5, 0.6) is 0 Å². The molecule has 1 aromatic carbocycles. The van der Waals surface area contributed by atoms with E-state index in [-0.39, 0.29) is 16.9 Å². The van der Waals surface area contributed by atoms with Crippen molar-refractivity contribution in [3.8, 4) is 0 Å². The fourth-order valence-electron chi connectivity index (χ4n) is 2.82. The lowest BCUT2D eigenvalue weighted by molar-refractivity contribution is 0.0923. The fourth-order valence-corrected chi connectivity index (χ4v) is 3.12. The third-order valence-electron chi connectivity index (χ3n) is 3.97. The molecule has 0 spiro atoms. The number of nitrogens with zero attached hydrogens (tertiary/aromatic N) is 2. The summed E-state index contributed by atoms with van der Waals surface area (Å²) >= 11 is 3.14. The van der Waals surface area contributed by atoms with Crippen molar-refractivity contribution in [1.29, 1.82) is 0 Å². The van der Waals surface area contributed by atoms with Crippen LogP contribution in [0.2, 0.25) is 0 Å². The first-order chi connectivity index (χ1) is 11.6. The molecular weight excluding hydrogens is 374 g/mol. The number of anilines is 1. The number of carbonyl (C=O) groups is 3. The van der Waals surface area contributed by atoms with Gasteiger partial charge in [-0.1, -0.05) is 28.1 Å². The van der Waals surface area contributed by atoms with Crippen LogP contribution in [0.4, 0.5) is 5.82 Å². The van der Waals surface area contributed by atoms with Gasteiger partial charge in [-0.15, -0.1) is 0 Å². The molecule has 118 valence electrons. The molecule has 24 heavy (non-hydrogen) atoms. The van der Waals surface area contributed by atoms with Gasteiger partial charge in [0.2, 0.25) is 0 Å². The third-order valence-corrected chi connectivity index (χ3v) is 4.48. The smallest absolute Gasteiger partial charge is 0.267 e. The number of imide groups is 1. The Morgan fingerprint density at radius 2 is 1.75 bits per heavy atom. The maximum Gasteiger partial charge on any atom is 0.267 e. The summed E-state index contributed by atoms with van der Waals surface area (Å²) in [6.07, 6.45) is 1.58. The summed E-state index contributed by atoms with van der Waals surface area (Å²) in [5.74, 6) is -0.638. The van der Waals surface area contributed by atoms with E-state index in [2.05, 4.69) is 25.9 Å². The van der Waals surface area contributed by atoms with Gasteiger partial charge in [0.15, 0.2) is 5.78 Å². The van der Waals surface area contributed by atoms with E-state index in [1.807, 2.05) is 0 Å². The highest BCUT2D eigenvalue weighted by molar-refractivity contribution is 9.09. The first-order valence-electron chi connectivity index (χ1n) is 7.17. The average molecular weight is 384 g/mol. The van der Waals surface area contributed by atoms with Gasteiger partial charge in [0.25, 0.3) is 11.8 Å². The number of nitrogens with one attached hydrogen (secondary N) is 1. The van der Waals surface area contributed by atoms with E-state index >= 15 is 0 Å². The van der Waals surface area contributed by atoms with E-state index in [0.717, 1.165) is 4.90 Å². The van der Waals surface area contributed by atoms with Gasteiger partial charge in [-0.2, -0.15) is 0 Å². The molecule has 1 aliphatic rings. The lowest BCUT2D eigenvalue weighted by atomic mass is 10.1. The van der Waals surface area contributed by atoms with Crippen LogP contribution in [0.15, 0.2) is 42.6 Å². The number of aromatic nitrogens is 2. The molecule has 6 nitrogen and oxygen atoms in total. The van der Waals surface area contributed by atoms with Crippen LogP contribution in [-0.2, 0) is 0 Å². The zero-order valence-corrected chi connectivity index (χ0v) is 13.8. The van der Waals surface area contributed by atoms with E-state index in [4.69, 9.17) is 0 Å². The minimum Gasteiger partial charge on any atom is -0.345 e. The van der Waals surface area contributed by atoms with Crippen molar-refractivity contribution in [3.63, 3.8) is 0 Å². The Bertz CT molecular complexity index is 990. The Morgan fingerprint density at radius 1 is 1.08 bits per heavy atom. The van der Waals surface area contributed by atoms with Crippen LogP contribution < -0.4 is 4.90 Å². The maximum absolute atomic E-state index is 12.5. The number of hydrogen-bond acceptors (Lipinski definition) is 4. The molecule has 0 bridgehead atoms. The average Bonchev–Trinajstić information content (AvgIpc) is 3.14. The zero-order valence-electron chi connectivity index (χ0n) is 12.2. The Labute approximate surface area is 144 Å². The number of halogens is 1. The van der Waals surface area contributed by atoms with E-state index in [1.165, 1.54) is 0 Å². The highest BCUT2D eigenvalue weighted by Crippen LogP contribution is 2.29. The highest BCUT2D eigenvalue weighted by Gasteiger charge is 2.37. The molecule has 0 fully saturated rings. The minimum atomic E-state index is -0.397. The number of H-pyrrole nitrogens is 1. The van der Waals surface area contributed by atoms with Crippen molar-refractivity contribution in [2.45, 2.75) is 0 Å². The first-order valence-corrected chi connectivity index (χ1v) is 8.29. The number of benzene rings is 1. The Balaban J connectivity index is 1.80. The highest BCUT2D eigenvalue weighted by atomic mass is 79.9. The van der Waals surface area contributed by atoms with E-state index < -0.39 is 11.8 Å². The summed E-state index contributed by atoms with van der Waals surface area (Å²) in [5.41, 5.74) is 1.70. The van der Waals surface area contributed by atoms with Gasteiger partial charge >= 0.3 is 0 Å². The van der Waals surface area contributed by atoms with Crippen LogP contribution in [-0.4, -0.2) is 32.9 Å². The van der Waals surface area contributed by atoms with Gasteiger partial charge in [-0.3, -0.25) is 14.4 Å². The Morgan fingerprint density at radius 3 is 2.38 bits per heavy atom.